The summed E-state index contributed by atoms with van der Waals surface area (Å²) in [6.07, 6.45) is 0. The van der Waals surface area contributed by atoms with Crippen molar-refractivity contribution in [1.82, 2.24) is 0 Å². The maximum absolute atomic E-state index is 12.5. The zero-order valence-corrected chi connectivity index (χ0v) is 11.9. The predicted octanol–water partition coefficient (Wildman–Crippen LogP) is 4.42. The smallest absolute Gasteiger partial charge is 0.198 e. The van der Waals surface area contributed by atoms with E-state index in [9.17, 15) is 4.21 Å². The van der Waals surface area contributed by atoms with Gasteiger partial charge in [0.1, 0.15) is 16.6 Å². The van der Waals surface area contributed by atoms with Crippen LogP contribution in [-0.4, -0.2) is 4.21 Å². The SMILES string of the molecule is Cc1cc(-c2ccccc2)oc1S(=O)c1ccccc1. The van der Waals surface area contributed by atoms with Gasteiger partial charge in [-0.2, -0.15) is 0 Å². The van der Waals surface area contributed by atoms with Crippen LogP contribution >= 0.6 is 0 Å². The van der Waals surface area contributed by atoms with E-state index in [0.717, 1.165) is 21.8 Å². The number of furan rings is 1. The summed E-state index contributed by atoms with van der Waals surface area (Å²) in [5.41, 5.74) is 1.90. The molecule has 0 N–H and O–H groups in total. The van der Waals surface area contributed by atoms with Gasteiger partial charge in [0.15, 0.2) is 5.09 Å². The molecule has 0 bridgehead atoms. The van der Waals surface area contributed by atoms with Crippen LogP contribution in [0.25, 0.3) is 11.3 Å². The topological polar surface area (TPSA) is 30.2 Å². The van der Waals surface area contributed by atoms with E-state index in [-0.39, 0.29) is 0 Å². The van der Waals surface area contributed by atoms with E-state index in [0.29, 0.717) is 5.09 Å². The lowest BCUT2D eigenvalue weighted by molar-refractivity contribution is 0.474. The van der Waals surface area contributed by atoms with Gasteiger partial charge in [-0.3, -0.25) is 0 Å². The second kappa shape index (κ2) is 5.47. The lowest BCUT2D eigenvalue weighted by atomic mass is 10.2. The number of hydrogen-bond donors (Lipinski definition) is 0. The van der Waals surface area contributed by atoms with E-state index >= 15 is 0 Å². The van der Waals surface area contributed by atoms with Crippen LogP contribution in [0.3, 0.4) is 0 Å². The first-order valence-corrected chi connectivity index (χ1v) is 7.53. The van der Waals surface area contributed by atoms with Crippen LogP contribution in [0.2, 0.25) is 0 Å². The standard InChI is InChI=1S/C17H14O2S/c1-13-12-16(14-8-4-2-5-9-14)19-17(13)20(18)15-10-6-3-7-11-15/h2-12H,1H3. The van der Waals surface area contributed by atoms with Gasteiger partial charge < -0.3 is 4.42 Å². The minimum atomic E-state index is -1.28. The molecule has 3 rings (SSSR count). The summed E-state index contributed by atoms with van der Waals surface area (Å²) in [5.74, 6) is 0.752. The molecule has 2 aromatic carbocycles. The van der Waals surface area contributed by atoms with E-state index in [1.165, 1.54) is 0 Å². The summed E-state index contributed by atoms with van der Waals surface area (Å²) in [4.78, 5) is 0.754. The molecule has 0 aliphatic rings. The number of rotatable bonds is 3. The molecule has 1 heterocycles. The zero-order chi connectivity index (χ0) is 13.9. The maximum Gasteiger partial charge on any atom is 0.198 e. The predicted molar refractivity (Wildman–Crippen MR) is 80.0 cm³/mol. The van der Waals surface area contributed by atoms with Gasteiger partial charge in [-0.15, -0.1) is 0 Å². The molecule has 0 spiro atoms. The van der Waals surface area contributed by atoms with Crippen molar-refractivity contribution >= 4 is 10.8 Å². The van der Waals surface area contributed by atoms with Crippen molar-refractivity contribution in [3.8, 4) is 11.3 Å². The third-order valence-electron chi connectivity index (χ3n) is 3.06. The lowest BCUT2D eigenvalue weighted by Crippen LogP contribution is -1.92. The van der Waals surface area contributed by atoms with Crippen molar-refractivity contribution in [2.24, 2.45) is 0 Å². The van der Waals surface area contributed by atoms with Crippen LogP contribution in [-0.2, 0) is 10.8 Å². The molecular weight excluding hydrogens is 268 g/mol. The summed E-state index contributed by atoms with van der Waals surface area (Å²) in [7, 11) is -1.28. The van der Waals surface area contributed by atoms with Crippen molar-refractivity contribution < 1.29 is 8.63 Å². The largest absolute Gasteiger partial charge is 0.447 e. The van der Waals surface area contributed by atoms with Gasteiger partial charge in [0.05, 0.1) is 0 Å². The fraction of sp³-hybridized carbons (Fsp3) is 0.0588. The van der Waals surface area contributed by atoms with Crippen molar-refractivity contribution in [3.05, 3.63) is 72.3 Å². The van der Waals surface area contributed by atoms with Gasteiger partial charge >= 0.3 is 0 Å². The summed E-state index contributed by atoms with van der Waals surface area (Å²) in [6.45, 7) is 1.92. The third-order valence-corrected chi connectivity index (χ3v) is 4.50. The molecule has 2 nitrogen and oxygen atoms in total. The molecule has 1 atom stereocenters. The molecule has 0 fully saturated rings. The Morgan fingerprint density at radius 1 is 0.900 bits per heavy atom. The summed E-state index contributed by atoms with van der Waals surface area (Å²) in [6, 6.07) is 21.1. The normalized spacial score (nSPS) is 12.2. The fourth-order valence-electron chi connectivity index (χ4n) is 2.05. The average Bonchev–Trinajstić information content (AvgIpc) is 2.90. The maximum atomic E-state index is 12.5. The Balaban J connectivity index is 2.00. The number of aryl methyl sites for hydroxylation is 1. The van der Waals surface area contributed by atoms with Crippen LogP contribution in [0, 0.1) is 6.92 Å². The lowest BCUT2D eigenvalue weighted by Gasteiger charge is -2.00. The molecule has 0 aliphatic carbocycles. The molecule has 0 saturated carbocycles. The molecule has 0 radical (unpaired) electrons. The van der Waals surface area contributed by atoms with Crippen LogP contribution in [0.4, 0.5) is 0 Å². The molecule has 1 aromatic heterocycles. The van der Waals surface area contributed by atoms with Crippen molar-refractivity contribution in [2.45, 2.75) is 16.9 Å². The van der Waals surface area contributed by atoms with Crippen LogP contribution in [0.5, 0.6) is 0 Å². The first-order chi connectivity index (χ1) is 9.75. The first kappa shape index (κ1) is 12.9. The van der Waals surface area contributed by atoms with E-state index in [2.05, 4.69) is 0 Å². The molecule has 0 aliphatic heterocycles. The Kier molecular flexibility index (Phi) is 3.52. The van der Waals surface area contributed by atoms with Crippen molar-refractivity contribution in [3.63, 3.8) is 0 Å². The van der Waals surface area contributed by atoms with Gasteiger partial charge in [0.2, 0.25) is 0 Å². The summed E-state index contributed by atoms with van der Waals surface area (Å²) in [5, 5.41) is 0.523. The number of hydrogen-bond acceptors (Lipinski definition) is 2. The van der Waals surface area contributed by atoms with Gasteiger partial charge in [0.25, 0.3) is 0 Å². The molecule has 3 heteroatoms. The highest BCUT2D eigenvalue weighted by Crippen LogP contribution is 2.29. The Morgan fingerprint density at radius 2 is 1.50 bits per heavy atom. The minimum absolute atomic E-state index is 0.523. The Bertz CT molecular complexity index is 730. The number of benzene rings is 2. The summed E-state index contributed by atoms with van der Waals surface area (Å²) < 4.78 is 18.3. The molecule has 0 saturated heterocycles. The second-order valence-corrected chi connectivity index (χ2v) is 5.91. The van der Waals surface area contributed by atoms with E-state index in [1.807, 2.05) is 73.7 Å². The second-order valence-electron chi connectivity index (χ2n) is 4.53. The fourth-order valence-corrected chi connectivity index (χ4v) is 3.18. The summed E-state index contributed by atoms with van der Waals surface area (Å²) >= 11 is 0. The van der Waals surface area contributed by atoms with Crippen LogP contribution < -0.4 is 0 Å². The van der Waals surface area contributed by atoms with E-state index in [1.54, 1.807) is 0 Å². The monoisotopic (exact) mass is 282 g/mol. The molecule has 3 aromatic rings. The van der Waals surface area contributed by atoms with Gasteiger partial charge in [0, 0.05) is 16.0 Å². The van der Waals surface area contributed by atoms with E-state index < -0.39 is 10.8 Å². The zero-order valence-electron chi connectivity index (χ0n) is 11.1. The first-order valence-electron chi connectivity index (χ1n) is 6.38. The van der Waals surface area contributed by atoms with Gasteiger partial charge in [-0.05, 0) is 25.1 Å². The Labute approximate surface area is 120 Å². The van der Waals surface area contributed by atoms with Crippen molar-refractivity contribution in [2.75, 3.05) is 0 Å². The van der Waals surface area contributed by atoms with Crippen LogP contribution in [0.15, 0.2) is 81.1 Å². The van der Waals surface area contributed by atoms with Crippen molar-refractivity contribution in [1.29, 1.82) is 0 Å². The Morgan fingerprint density at radius 3 is 2.15 bits per heavy atom. The average molecular weight is 282 g/mol. The van der Waals surface area contributed by atoms with E-state index in [4.69, 9.17) is 4.42 Å². The molecule has 0 amide bonds. The van der Waals surface area contributed by atoms with Gasteiger partial charge in [-0.25, -0.2) is 4.21 Å². The molecular formula is C17H14O2S. The highest BCUT2D eigenvalue weighted by atomic mass is 32.2. The Hall–Kier alpha value is -2.13. The van der Waals surface area contributed by atoms with Gasteiger partial charge in [-0.1, -0.05) is 48.5 Å². The quantitative estimate of drug-likeness (QED) is 0.711. The minimum Gasteiger partial charge on any atom is -0.447 e. The molecule has 100 valence electrons. The third kappa shape index (κ3) is 2.45. The molecule has 20 heavy (non-hydrogen) atoms. The molecule has 1 unspecified atom stereocenters. The highest BCUT2D eigenvalue weighted by molar-refractivity contribution is 7.85. The highest BCUT2D eigenvalue weighted by Gasteiger charge is 2.16. The van der Waals surface area contributed by atoms with Crippen LogP contribution in [0.1, 0.15) is 5.56 Å².